The molecule has 2 unspecified atom stereocenters. The molecule has 0 spiro atoms. The van der Waals surface area contributed by atoms with Crippen LogP contribution in [0.15, 0.2) is 18.2 Å². The molecule has 3 N–H and O–H groups in total. The number of benzene rings is 1. The Morgan fingerprint density at radius 1 is 1.68 bits per heavy atom. The first-order valence-electron chi connectivity index (χ1n) is 5.82. The van der Waals surface area contributed by atoms with E-state index in [4.69, 9.17) is 27.3 Å². The fraction of sp³-hybridized carbons (Fsp3) is 0.385. The molecule has 19 heavy (non-hydrogen) atoms. The maximum Gasteiger partial charge on any atom is 0.234 e. The standard InChI is InChI=1S/C13H14ClN3O2/c1-13(7-19-6-11(13)16)12(18)17-9-3-2-8(5-15)10(14)4-9/h2-4,11H,6-7,16H2,1H3,(H,17,18). The van der Waals surface area contributed by atoms with Crippen LogP contribution in [0.1, 0.15) is 12.5 Å². The predicted molar refractivity (Wildman–Crippen MR) is 71.7 cm³/mol. The maximum absolute atomic E-state index is 12.2. The van der Waals surface area contributed by atoms with Crippen molar-refractivity contribution in [1.29, 1.82) is 5.26 Å². The zero-order valence-electron chi connectivity index (χ0n) is 10.4. The van der Waals surface area contributed by atoms with Crippen molar-refractivity contribution in [3.05, 3.63) is 28.8 Å². The lowest BCUT2D eigenvalue weighted by molar-refractivity contribution is -0.125. The van der Waals surface area contributed by atoms with Gasteiger partial charge in [-0.15, -0.1) is 0 Å². The molecule has 1 aromatic rings. The zero-order chi connectivity index (χ0) is 14.0. The number of anilines is 1. The van der Waals surface area contributed by atoms with Crippen LogP contribution >= 0.6 is 11.6 Å². The number of amides is 1. The van der Waals surface area contributed by atoms with Crippen molar-refractivity contribution in [1.82, 2.24) is 0 Å². The first-order valence-corrected chi connectivity index (χ1v) is 6.19. The van der Waals surface area contributed by atoms with E-state index >= 15 is 0 Å². The Hall–Kier alpha value is -1.61. The van der Waals surface area contributed by atoms with E-state index in [2.05, 4.69) is 5.32 Å². The number of rotatable bonds is 2. The number of nitrogens with two attached hydrogens (primary N) is 1. The number of halogens is 1. The normalized spacial score (nSPS) is 25.9. The Kier molecular flexibility index (Phi) is 3.76. The van der Waals surface area contributed by atoms with Crippen molar-refractivity contribution < 1.29 is 9.53 Å². The molecule has 2 atom stereocenters. The van der Waals surface area contributed by atoms with Gasteiger partial charge >= 0.3 is 0 Å². The van der Waals surface area contributed by atoms with Crippen LogP contribution in [0.4, 0.5) is 5.69 Å². The van der Waals surface area contributed by atoms with Crippen molar-refractivity contribution in [2.75, 3.05) is 18.5 Å². The lowest BCUT2D eigenvalue weighted by atomic mass is 9.85. The van der Waals surface area contributed by atoms with E-state index in [0.29, 0.717) is 29.5 Å². The summed E-state index contributed by atoms with van der Waals surface area (Å²) in [5, 5.41) is 11.8. The van der Waals surface area contributed by atoms with Crippen molar-refractivity contribution in [2.24, 2.45) is 11.1 Å². The molecule has 1 aliphatic heterocycles. The number of nitrogens with zero attached hydrogens (tertiary/aromatic N) is 1. The molecule has 1 aromatic carbocycles. The molecule has 1 heterocycles. The van der Waals surface area contributed by atoms with Gasteiger partial charge in [0, 0.05) is 11.7 Å². The monoisotopic (exact) mass is 279 g/mol. The first kappa shape index (κ1) is 13.8. The zero-order valence-corrected chi connectivity index (χ0v) is 11.2. The highest BCUT2D eigenvalue weighted by molar-refractivity contribution is 6.32. The van der Waals surface area contributed by atoms with Crippen LogP contribution in [-0.4, -0.2) is 25.2 Å². The van der Waals surface area contributed by atoms with Gasteiger partial charge in [0.1, 0.15) is 6.07 Å². The summed E-state index contributed by atoms with van der Waals surface area (Å²) in [4.78, 5) is 12.2. The number of carbonyl (C=O) groups excluding carboxylic acids is 1. The largest absolute Gasteiger partial charge is 0.379 e. The number of ether oxygens (including phenoxy) is 1. The summed E-state index contributed by atoms with van der Waals surface area (Å²) >= 11 is 5.91. The summed E-state index contributed by atoms with van der Waals surface area (Å²) in [5.41, 5.74) is 6.04. The Balaban J connectivity index is 2.16. The molecule has 0 aromatic heterocycles. The van der Waals surface area contributed by atoms with Gasteiger partial charge in [-0.1, -0.05) is 11.6 Å². The van der Waals surface area contributed by atoms with E-state index in [0.717, 1.165) is 0 Å². The quantitative estimate of drug-likeness (QED) is 0.859. The van der Waals surface area contributed by atoms with Crippen molar-refractivity contribution in [3.8, 4) is 6.07 Å². The minimum Gasteiger partial charge on any atom is -0.379 e. The topological polar surface area (TPSA) is 88.1 Å². The minimum atomic E-state index is -0.750. The number of nitrogens with one attached hydrogen (secondary N) is 1. The molecule has 2 rings (SSSR count). The van der Waals surface area contributed by atoms with E-state index in [-0.39, 0.29) is 11.9 Å². The van der Waals surface area contributed by atoms with Gasteiger partial charge < -0.3 is 15.8 Å². The Morgan fingerprint density at radius 2 is 2.42 bits per heavy atom. The molecular weight excluding hydrogens is 266 g/mol. The van der Waals surface area contributed by atoms with Gasteiger partial charge in [0.05, 0.1) is 29.2 Å². The average molecular weight is 280 g/mol. The van der Waals surface area contributed by atoms with Crippen LogP contribution in [0.3, 0.4) is 0 Å². The average Bonchev–Trinajstić information content (AvgIpc) is 2.71. The molecule has 0 bridgehead atoms. The number of hydrogen-bond donors (Lipinski definition) is 2. The third kappa shape index (κ3) is 2.56. The summed E-state index contributed by atoms with van der Waals surface area (Å²) in [6.07, 6.45) is 0. The van der Waals surface area contributed by atoms with Crippen LogP contribution in [0, 0.1) is 16.7 Å². The van der Waals surface area contributed by atoms with Gasteiger partial charge in [-0.2, -0.15) is 5.26 Å². The van der Waals surface area contributed by atoms with Crippen molar-refractivity contribution in [3.63, 3.8) is 0 Å². The summed E-state index contributed by atoms with van der Waals surface area (Å²) in [6.45, 7) is 2.44. The van der Waals surface area contributed by atoms with Crippen LogP contribution in [-0.2, 0) is 9.53 Å². The highest BCUT2D eigenvalue weighted by Crippen LogP contribution is 2.29. The lowest BCUT2D eigenvalue weighted by Gasteiger charge is -2.25. The SMILES string of the molecule is CC1(C(=O)Nc2ccc(C#N)c(Cl)c2)COCC1N. The Bertz CT molecular complexity index is 555. The molecule has 1 aliphatic rings. The third-order valence-corrected chi connectivity index (χ3v) is 3.70. The molecule has 1 saturated heterocycles. The van der Waals surface area contributed by atoms with Crippen LogP contribution in [0.2, 0.25) is 5.02 Å². The molecule has 5 nitrogen and oxygen atoms in total. The molecule has 6 heteroatoms. The molecule has 0 aliphatic carbocycles. The van der Waals surface area contributed by atoms with Gasteiger partial charge in [-0.25, -0.2) is 0 Å². The van der Waals surface area contributed by atoms with Gasteiger partial charge in [0.15, 0.2) is 0 Å². The Labute approximate surface area is 116 Å². The summed E-state index contributed by atoms with van der Waals surface area (Å²) in [5.74, 6) is -0.210. The van der Waals surface area contributed by atoms with Gasteiger partial charge in [-0.3, -0.25) is 4.79 Å². The highest BCUT2D eigenvalue weighted by Gasteiger charge is 2.44. The van der Waals surface area contributed by atoms with Gasteiger partial charge in [-0.05, 0) is 25.1 Å². The molecule has 1 fully saturated rings. The lowest BCUT2D eigenvalue weighted by Crippen LogP contribution is -2.47. The Morgan fingerprint density at radius 3 is 2.95 bits per heavy atom. The van der Waals surface area contributed by atoms with Gasteiger partial charge in [0.2, 0.25) is 5.91 Å². The van der Waals surface area contributed by atoms with Crippen LogP contribution in [0.25, 0.3) is 0 Å². The molecular formula is C13H14ClN3O2. The molecule has 0 radical (unpaired) electrons. The molecule has 0 saturated carbocycles. The third-order valence-electron chi connectivity index (χ3n) is 3.38. The van der Waals surface area contributed by atoms with E-state index in [1.807, 2.05) is 6.07 Å². The second-order valence-electron chi connectivity index (χ2n) is 4.80. The number of carbonyl (C=O) groups is 1. The number of nitriles is 1. The van der Waals surface area contributed by atoms with E-state index < -0.39 is 5.41 Å². The van der Waals surface area contributed by atoms with E-state index in [1.165, 1.54) is 0 Å². The van der Waals surface area contributed by atoms with Crippen LogP contribution < -0.4 is 11.1 Å². The summed E-state index contributed by atoms with van der Waals surface area (Å²) in [6, 6.07) is 6.37. The summed E-state index contributed by atoms with van der Waals surface area (Å²) in [7, 11) is 0. The van der Waals surface area contributed by atoms with E-state index in [1.54, 1.807) is 25.1 Å². The molecule has 100 valence electrons. The minimum absolute atomic E-state index is 0.210. The predicted octanol–water partition coefficient (Wildman–Crippen LogP) is 1.51. The molecule has 1 amide bonds. The van der Waals surface area contributed by atoms with Crippen LogP contribution in [0.5, 0.6) is 0 Å². The summed E-state index contributed by atoms with van der Waals surface area (Å²) < 4.78 is 5.24. The second-order valence-corrected chi connectivity index (χ2v) is 5.21. The fourth-order valence-corrected chi connectivity index (χ4v) is 2.10. The smallest absolute Gasteiger partial charge is 0.234 e. The van der Waals surface area contributed by atoms with Crippen molar-refractivity contribution >= 4 is 23.2 Å². The maximum atomic E-state index is 12.2. The highest BCUT2D eigenvalue weighted by atomic mass is 35.5. The first-order chi connectivity index (χ1) is 8.97. The fourth-order valence-electron chi connectivity index (χ4n) is 1.88. The van der Waals surface area contributed by atoms with Crippen molar-refractivity contribution in [2.45, 2.75) is 13.0 Å². The van der Waals surface area contributed by atoms with E-state index in [9.17, 15) is 4.79 Å². The number of hydrogen-bond acceptors (Lipinski definition) is 4. The second kappa shape index (κ2) is 5.17. The van der Waals surface area contributed by atoms with Gasteiger partial charge in [0.25, 0.3) is 0 Å².